The van der Waals surface area contributed by atoms with Crippen LogP contribution in [0.4, 0.5) is 0 Å². The summed E-state index contributed by atoms with van der Waals surface area (Å²) in [7, 11) is 2.17. The predicted molar refractivity (Wildman–Crippen MR) is 73.7 cm³/mol. The van der Waals surface area contributed by atoms with E-state index in [0.717, 1.165) is 11.1 Å². The maximum Gasteiger partial charge on any atom is 0.317 e. The Morgan fingerprint density at radius 3 is 1.38 bits per heavy atom. The number of hydrogen-bond acceptors (Lipinski definition) is 2. The second kappa shape index (κ2) is 9.09. The lowest BCUT2D eigenvalue weighted by atomic mass is 10.1. The molecule has 0 bridgehead atoms. The Kier molecular flexibility index (Phi) is 8.43. The summed E-state index contributed by atoms with van der Waals surface area (Å²) in [5.41, 5.74) is 2.29. The van der Waals surface area contributed by atoms with Crippen LogP contribution in [0.15, 0.2) is 37.4 Å². The fraction of sp³-hybridized carbons (Fsp3) is 0.231. The van der Waals surface area contributed by atoms with E-state index < -0.39 is 9.28 Å². The zero-order valence-electron chi connectivity index (χ0n) is 10.3. The number of hydrogen-bond donors (Lipinski definition) is 0. The Labute approximate surface area is 100 Å². The van der Waals surface area contributed by atoms with Gasteiger partial charge in [0.2, 0.25) is 0 Å². The molecule has 0 saturated heterocycles. The highest BCUT2D eigenvalue weighted by molar-refractivity contribution is 6.42. The van der Waals surface area contributed by atoms with Crippen LogP contribution in [0.5, 0.6) is 0 Å². The molecule has 0 N–H and O–H groups in total. The van der Waals surface area contributed by atoms with Gasteiger partial charge >= 0.3 is 9.28 Å². The minimum absolute atomic E-state index is 1.14. The van der Waals surface area contributed by atoms with Crippen molar-refractivity contribution in [2.24, 2.45) is 0 Å². The molecule has 0 amide bonds. The van der Waals surface area contributed by atoms with Crippen molar-refractivity contribution in [3.63, 3.8) is 0 Å². The van der Waals surface area contributed by atoms with Gasteiger partial charge in [-0.15, -0.1) is 0 Å². The zero-order chi connectivity index (χ0) is 12.4. The van der Waals surface area contributed by atoms with Gasteiger partial charge in [-0.3, -0.25) is 0 Å². The Balaban J connectivity index is 0.000000325. The van der Waals surface area contributed by atoms with Gasteiger partial charge in [0, 0.05) is 14.2 Å². The molecule has 0 aromatic heterocycles. The lowest BCUT2D eigenvalue weighted by molar-refractivity contribution is 0.285. The fourth-order valence-corrected chi connectivity index (χ4v) is 1.06. The van der Waals surface area contributed by atoms with Gasteiger partial charge in [0.25, 0.3) is 0 Å². The molecule has 1 rings (SSSR count). The minimum atomic E-state index is -1.16. The molecule has 0 saturated carbocycles. The van der Waals surface area contributed by atoms with Crippen LogP contribution in [0.2, 0.25) is 6.55 Å². The Bertz CT molecular complexity index is 275. The molecular weight excluding hydrogens is 216 g/mol. The van der Waals surface area contributed by atoms with E-state index >= 15 is 0 Å². The quantitative estimate of drug-likeness (QED) is 0.748. The third-order valence-electron chi connectivity index (χ3n) is 2.07. The molecule has 0 fully saturated rings. The molecule has 0 aliphatic rings. The van der Waals surface area contributed by atoms with Crippen molar-refractivity contribution in [3.05, 3.63) is 48.6 Å². The van der Waals surface area contributed by atoms with Gasteiger partial charge in [0.05, 0.1) is 0 Å². The average Bonchev–Trinajstić information content (AvgIpc) is 2.38. The van der Waals surface area contributed by atoms with Crippen LogP contribution in [0.25, 0.3) is 12.2 Å². The lowest BCUT2D eigenvalue weighted by Crippen LogP contribution is -2.12. The van der Waals surface area contributed by atoms with E-state index in [4.69, 9.17) is 8.85 Å². The van der Waals surface area contributed by atoms with E-state index in [1.807, 2.05) is 43.0 Å². The van der Waals surface area contributed by atoms with Crippen LogP contribution in [0.1, 0.15) is 11.1 Å². The molecule has 3 heteroatoms. The van der Waals surface area contributed by atoms with Crippen molar-refractivity contribution in [3.8, 4) is 0 Å². The largest absolute Gasteiger partial charge is 0.400 e. The van der Waals surface area contributed by atoms with E-state index in [9.17, 15) is 0 Å². The van der Waals surface area contributed by atoms with Gasteiger partial charge < -0.3 is 8.85 Å². The maximum absolute atomic E-state index is 4.82. The van der Waals surface area contributed by atoms with Crippen LogP contribution < -0.4 is 0 Å². The third kappa shape index (κ3) is 6.34. The summed E-state index contributed by atoms with van der Waals surface area (Å²) in [4.78, 5) is 0. The molecule has 0 spiro atoms. The molecule has 88 valence electrons. The molecule has 1 aromatic rings. The van der Waals surface area contributed by atoms with Crippen molar-refractivity contribution in [2.75, 3.05) is 14.2 Å². The molecule has 2 nitrogen and oxygen atoms in total. The van der Waals surface area contributed by atoms with E-state index in [0.29, 0.717) is 0 Å². The summed E-state index contributed by atoms with van der Waals surface area (Å²) in [5.74, 6) is 0. The Hall–Kier alpha value is -1.16. The van der Waals surface area contributed by atoms with Crippen LogP contribution in [0, 0.1) is 0 Å². The maximum atomic E-state index is 4.82. The number of rotatable bonds is 4. The number of benzene rings is 1. The summed E-state index contributed by atoms with van der Waals surface area (Å²) in [6.45, 7) is 9.29. The van der Waals surface area contributed by atoms with Gasteiger partial charge in [-0.05, 0) is 17.7 Å². The van der Waals surface area contributed by atoms with Crippen molar-refractivity contribution in [2.45, 2.75) is 6.55 Å². The van der Waals surface area contributed by atoms with Crippen molar-refractivity contribution in [1.29, 1.82) is 0 Å². The second-order valence-corrected chi connectivity index (χ2v) is 5.19. The Morgan fingerprint density at radius 1 is 0.938 bits per heavy atom. The van der Waals surface area contributed by atoms with E-state index in [1.165, 1.54) is 0 Å². The smallest absolute Gasteiger partial charge is 0.317 e. The molecule has 0 radical (unpaired) electrons. The van der Waals surface area contributed by atoms with Gasteiger partial charge in [-0.25, -0.2) is 0 Å². The van der Waals surface area contributed by atoms with Gasteiger partial charge in [-0.1, -0.05) is 49.6 Å². The van der Waals surface area contributed by atoms with Crippen LogP contribution in [0.3, 0.4) is 0 Å². The molecule has 1 aromatic carbocycles. The summed E-state index contributed by atoms with van der Waals surface area (Å²) in [5, 5.41) is 0. The molecular formula is C13H20O2Si. The van der Waals surface area contributed by atoms with Gasteiger partial charge in [-0.2, -0.15) is 0 Å². The zero-order valence-corrected chi connectivity index (χ0v) is 11.4. The first kappa shape index (κ1) is 14.8. The molecule has 0 unspecified atom stereocenters. The highest BCUT2D eigenvalue weighted by atomic mass is 28.3. The first-order valence-corrected chi connectivity index (χ1v) is 7.18. The fourth-order valence-electron chi connectivity index (χ4n) is 0.864. The second-order valence-electron chi connectivity index (χ2n) is 3.11. The SMILES string of the molecule is C=Cc1ccc(C=C)cc1.CO[SiH](C)OC. The van der Waals surface area contributed by atoms with Crippen molar-refractivity contribution >= 4 is 21.4 Å². The lowest BCUT2D eigenvalue weighted by Gasteiger charge is -2.00. The minimum Gasteiger partial charge on any atom is -0.400 e. The first-order chi connectivity index (χ1) is 7.67. The van der Waals surface area contributed by atoms with Crippen LogP contribution >= 0.6 is 0 Å². The van der Waals surface area contributed by atoms with Crippen LogP contribution in [-0.2, 0) is 8.85 Å². The highest BCUT2D eigenvalue weighted by Gasteiger charge is 1.94. The summed E-state index contributed by atoms with van der Waals surface area (Å²) >= 11 is 0. The summed E-state index contributed by atoms with van der Waals surface area (Å²) < 4.78 is 9.63. The van der Waals surface area contributed by atoms with E-state index in [2.05, 4.69) is 13.2 Å². The monoisotopic (exact) mass is 236 g/mol. The van der Waals surface area contributed by atoms with Crippen molar-refractivity contribution in [1.82, 2.24) is 0 Å². The standard InChI is InChI=1S/C10H10.C3H10O2Si/c1-3-9-5-7-10(4-2)8-6-9;1-4-6(3)5-2/h3-8H,1-2H2;6H,1-3H3. The summed E-state index contributed by atoms with van der Waals surface area (Å²) in [6, 6.07) is 8.07. The molecule has 16 heavy (non-hydrogen) atoms. The first-order valence-electron chi connectivity index (χ1n) is 5.08. The predicted octanol–water partition coefficient (Wildman–Crippen LogP) is 3.10. The highest BCUT2D eigenvalue weighted by Crippen LogP contribution is 2.05. The molecule has 0 atom stereocenters. The van der Waals surface area contributed by atoms with E-state index in [1.54, 1.807) is 14.2 Å². The van der Waals surface area contributed by atoms with E-state index in [-0.39, 0.29) is 0 Å². The molecule has 0 aliphatic carbocycles. The van der Waals surface area contributed by atoms with Crippen LogP contribution in [-0.4, -0.2) is 23.5 Å². The van der Waals surface area contributed by atoms with Crippen molar-refractivity contribution < 1.29 is 8.85 Å². The molecule has 0 heterocycles. The summed E-state index contributed by atoms with van der Waals surface area (Å²) in [6.07, 6.45) is 3.65. The average molecular weight is 236 g/mol. The third-order valence-corrected chi connectivity index (χ3v) is 3.40. The normalized spacial score (nSPS) is 9.25. The topological polar surface area (TPSA) is 18.5 Å². The van der Waals surface area contributed by atoms with Gasteiger partial charge in [0.15, 0.2) is 0 Å². The molecule has 0 aliphatic heterocycles. The Morgan fingerprint density at radius 2 is 1.25 bits per heavy atom. The van der Waals surface area contributed by atoms with Gasteiger partial charge in [0.1, 0.15) is 0 Å².